The highest BCUT2D eigenvalue weighted by molar-refractivity contribution is 5.95. The fourth-order valence-corrected chi connectivity index (χ4v) is 2.48. The van der Waals surface area contributed by atoms with Gasteiger partial charge >= 0.3 is 6.09 Å². The normalized spacial score (nSPS) is 16.0. The predicted molar refractivity (Wildman–Crippen MR) is 91.7 cm³/mol. The topological polar surface area (TPSA) is 104 Å². The monoisotopic (exact) mass is 325 g/mol. The lowest BCUT2D eigenvalue weighted by atomic mass is 10.1. The molecule has 7 nitrogen and oxygen atoms in total. The van der Waals surface area contributed by atoms with Crippen LogP contribution in [0.25, 0.3) is 0 Å². The molecule has 2 rings (SSSR count). The first-order chi connectivity index (χ1) is 11.6. The van der Waals surface area contributed by atoms with Crippen LogP contribution in [0, 0.1) is 22.1 Å². The van der Waals surface area contributed by atoms with Crippen LogP contribution in [0.5, 0.6) is 0 Å². The van der Waals surface area contributed by atoms with E-state index in [0.717, 1.165) is 23.7 Å². The van der Waals surface area contributed by atoms with E-state index in [0.29, 0.717) is 19.6 Å². The predicted octanol–water partition coefficient (Wildman–Crippen LogP) is 2.19. The molecule has 0 radical (unpaired) electrons. The number of fused-ring (bicyclic) bond motifs is 1. The molecule has 24 heavy (non-hydrogen) atoms. The van der Waals surface area contributed by atoms with Gasteiger partial charge in [-0.2, -0.15) is 5.26 Å². The summed E-state index contributed by atoms with van der Waals surface area (Å²) in [6.07, 6.45) is 2.33. The zero-order valence-corrected chi connectivity index (χ0v) is 13.2. The van der Waals surface area contributed by atoms with Crippen molar-refractivity contribution in [2.75, 3.05) is 24.5 Å². The van der Waals surface area contributed by atoms with E-state index in [9.17, 15) is 4.79 Å². The number of nitrogens with one attached hydrogen (secondary N) is 2. The first-order valence-electron chi connectivity index (χ1n) is 7.43. The van der Waals surface area contributed by atoms with Crippen LogP contribution in [0.15, 0.2) is 36.9 Å². The van der Waals surface area contributed by atoms with E-state index in [1.165, 1.54) is 11.0 Å². The summed E-state index contributed by atoms with van der Waals surface area (Å²) >= 11 is 0. The number of amides is 1. The fraction of sp³-hybridized carbons (Fsp3) is 0.294. The van der Waals surface area contributed by atoms with Crippen LogP contribution in [-0.4, -0.2) is 48.7 Å². The number of rotatable bonds is 5. The van der Waals surface area contributed by atoms with Gasteiger partial charge in [0.05, 0.1) is 12.6 Å². The SMILES string of the molecule is C=CC(C=N)(C=N)OC(=O)N1CCN(CC#N)c2ccccc2C1. The second-order valence-corrected chi connectivity index (χ2v) is 5.34. The number of hydrogen-bond donors (Lipinski definition) is 2. The molecule has 0 aromatic heterocycles. The quantitative estimate of drug-likeness (QED) is 0.492. The van der Waals surface area contributed by atoms with E-state index in [1.807, 2.05) is 29.2 Å². The van der Waals surface area contributed by atoms with Crippen LogP contribution in [0.1, 0.15) is 5.56 Å². The molecule has 0 aliphatic carbocycles. The zero-order chi connectivity index (χ0) is 17.6. The van der Waals surface area contributed by atoms with Crippen LogP contribution in [0.3, 0.4) is 0 Å². The third-order valence-corrected chi connectivity index (χ3v) is 3.89. The second kappa shape index (κ2) is 7.42. The van der Waals surface area contributed by atoms with Crippen molar-refractivity contribution in [2.24, 2.45) is 0 Å². The van der Waals surface area contributed by atoms with Crippen molar-refractivity contribution in [3.05, 3.63) is 42.5 Å². The van der Waals surface area contributed by atoms with Crippen molar-refractivity contribution in [3.8, 4) is 6.07 Å². The van der Waals surface area contributed by atoms with Crippen LogP contribution in [-0.2, 0) is 11.3 Å². The molecule has 1 aliphatic rings. The molecular formula is C17H19N5O2. The summed E-state index contributed by atoms with van der Waals surface area (Å²) in [6.45, 7) is 4.96. The minimum atomic E-state index is -1.53. The maximum Gasteiger partial charge on any atom is 0.411 e. The summed E-state index contributed by atoms with van der Waals surface area (Å²) in [4.78, 5) is 15.9. The molecule has 2 N–H and O–H groups in total. The van der Waals surface area contributed by atoms with Gasteiger partial charge in [0.15, 0.2) is 0 Å². The third-order valence-electron chi connectivity index (χ3n) is 3.89. The Bertz CT molecular complexity index is 673. The van der Waals surface area contributed by atoms with Gasteiger partial charge in [-0.25, -0.2) is 4.79 Å². The molecule has 0 fully saturated rings. The number of nitrogens with zero attached hydrogens (tertiary/aromatic N) is 3. The van der Waals surface area contributed by atoms with Crippen LogP contribution in [0.2, 0.25) is 0 Å². The molecule has 1 aromatic carbocycles. The minimum Gasteiger partial charge on any atom is -0.427 e. The highest BCUT2D eigenvalue weighted by Gasteiger charge is 2.30. The van der Waals surface area contributed by atoms with E-state index in [1.54, 1.807) is 0 Å². The van der Waals surface area contributed by atoms with E-state index in [4.69, 9.17) is 20.8 Å². The molecule has 1 aromatic rings. The Balaban J connectivity index is 2.24. The van der Waals surface area contributed by atoms with Gasteiger partial charge in [-0.05, 0) is 17.7 Å². The smallest absolute Gasteiger partial charge is 0.411 e. The minimum absolute atomic E-state index is 0.234. The number of nitriles is 1. The van der Waals surface area contributed by atoms with Crippen molar-refractivity contribution in [1.29, 1.82) is 16.1 Å². The van der Waals surface area contributed by atoms with Gasteiger partial charge in [0.2, 0.25) is 5.60 Å². The molecule has 0 unspecified atom stereocenters. The second-order valence-electron chi connectivity index (χ2n) is 5.34. The van der Waals surface area contributed by atoms with Gasteiger partial charge in [0.1, 0.15) is 6.54 Å². The van der Waals surface area contributed by atoms with Crippen molar-refractivity contribution in [3.63, 3.8) is 0 Å². The first-order valence-corrected chi connectivity index (χ1v) is 7.43. The summed E-state index contributed by atoms with van der Waals surface area (Å²) in [5, 5.41) is 23.8. The summed E-state index contributed by atoms with van der Waals surface area (Å²) < 4.78 is 5.29. The van der Waals surface area contributed by atoms with E-state index in [-0.39, 0.29) is 6.54 Å². The Kier molecular flexibility index (Phi) is 5.32. The van der Waals surface area contributed by atoms with Crippen LogP contribution < -0.4 is 4.90 Å². The zero-order valence-electron chi connectivity index (χ0n) is 13.2. The average Bonchev–Trinajstić information content (AvgIpc) is 2.80. The van der Waals surface area contributed by atoms with Gasteiger partial charge in [0.25, 0.3) is 0 Å². The summed E-state index contributed by atoms with van der Waals surface area (Å²) in [6, 6.07) is 9.73. The lowest BCUT2D eigenvalue weighted by Gasteiger charge is -2.27. The van der Waals surface area contributed by atoms with Crippen molar-refractivity contribution in [1.82, 2.24) is 4.90 Å². The molecule has 7 heteroatoms. The largest absolute Gasteiger partial charge is 0.427 e. The molecule has 1 heterocycles. The van der Waals surface area contributed by atoms with Crippen LogP contribution in [0.4, 0.5) is 10.5 Å². The summed E-state index contributed by atoms with van der Waals surface area (Å²) in [5.74, 6) is 0. The molecule has 1 aliphatic heterocycles. The number of hydrogen-bond acceptors (Lipinski definition) is 6. The highest BCUT2D eigenvalue weighted by atomic mass is 16.6. The number of anilines is 1. The number of para-hydroxylation sites is 1. The third kappa shape index (κ3) is 3.43. The van der Waals surface area contributed by atoms with E-state index < -0.39 is 11.7 Å². The molecule has 1 amide bonds. The maximum atomic E-state index is 12.5. The van der Waals surface area contributed by atoms with Crippen molar-refractivity contribution >= 4 is 24.2 Å². The lowest BCUT2D eigenvalue weighted by molar-refractivity contribution is 0.0837. The molecule has 0 atom stereocenters. The number of ether oxygens (including phenoxy) is 1. The first kappa shape index (κ1) is 17.2. The van der Waals surface area contributed by atoms with E-state index in [2.05, 4.69) is 12.6 Å². The van der Waals surface area contributed by atoms with Gasteiger partial charge in [-0.3, -0.25) is 0 Å². The maximum absolute atomic E-state index is 12.5. The average molecular weight is 325 g/mol. The Morgan fingerprint density at radius 3 is 2.71 bits per heavy atom. The Morgan fingerprint density at radius 2 is 2.08 bits per heavy atom. The Morgan fingerprint density at radius 1 is 1.38 bits per heavy atom. The summed E-state index contributed by atoms with van der Waals surface area (Å²) in [7, 11) is 0. The van der Waals surface area contributed by atoms with Crippen LogP contribution >= 0.6 is 0 Å². The van der Waals surface area contributed by atoms with Gasteiger partial charge in [-0.1, -0.05) is 24.8 Å². The molecule has 0 saturated heterocycles. The highest BCUT2D eigenvalue weighted by Crippen LogP contribution is 2.25. The molecule has 124 valence electrons. The molecule has 0 bridgehead atoms. The number of carbonyl (C=O) groups is 1. The summed E-state index contributed by atoms with van der Waals surface area (Å²) in [5.41, 5.74) is 0.300. The standard InChI is InChI=1S/C17H19N5O2/c1-2-17(12-19,13-20)24-16(23)22-10-9-21(8-7-18)15-6-4-3-5-14(15)11-22/h2-6,12-13,19-20H,1,8-11H2. The van der Waals surface area contributed by atoms with Crippen molar-refractivity contribution < 1.29 is 9.53 Å². The number of carbonyl (C=O) groups excluding carboxylic acids is 1. The fourth-order valence-electron chi connectivity index (χ4n) is 2.48. The van der Waals surface area contributed by atoms with E-state index >= 15 is 0 Å². The van der Waals surface area contributed by atoms with Gasteiger partial charge in [0, 0.05) is 31.2 Å². The Labute approximate surface area is 140 Å². The molecule has 0 spiro atoms. The van der Waals surface area contributed by atoms with Crippen molar-refractivity contribution in [2.45, 2.75) is 12.1 Å². The Hall–Kier alpha value is -3.14. The van der Waals surface area contributed by atoms with Gasteiger partial charge < -0.3 is 25.4 Å². The van der Waals surface area contributed by atoms with Gasteiger partial charge in [-0.15, -0.1) is 0 Å². The number of benzene rings is 1. The molecular weight excluding hydrogens is 306 g/mol. The lowest BCUT2D eigenvalue weighted by Crippen LogP contribution is -2.43. The molecule has 0 saturated carbocycles.